The molecule has 0 amide bonds. The van der Waals surface area contributed by atoms with Crippen LogP contribution in [0.5, 0.6) is 0 Å². The van der Waals surface area contributed by atoms with Gasteiger partial charge in [0.05, 0.1) is 25.0 Å². The Morgan fingerprint density at radius 1 is 1.24 bits per heavy atom. The molecule has 202 valence electrons. The number of hydrogen-bond acceptors (Lipinski definition) is 8. The summed E-state index contributed by atoms with van der Waals surface area (Å²) in [7, 11) is 0. The van der Waals surface area contributed by atoms with Crippen molar-refractivity contribution in [3.05, 3.63) is 52.2 Å². The van der Waals surface area contributed by atoms with Gasteiger partial charge >= 0.3 is 0 Å². The van der Waals surface area contributed by atoms with E-state index in [1.54, 1.807) is 12.3 Å². The molecule has 1 aromatic heterocycles. The number of ether oxygens (including phenoxy) is 2. The zero-order chi connectivity index (χ0) is 25.6. The molecule has 1 spiro atoms. The molecule has 9 nitrogen and oxygen atoms in total. The molecule has 8 aliphatic rings. The van der Waals surface area contributed by atoms with Crippen molar-refractivity contribution in [3.63, 3.8) is 0 Å². The molecule has 2 bridgehead atoms. The summed E-state index contributed by atoms with van der Waals surface area (Å²) in [6.07, 6.45) is 11.1. The molecule has 9 rings (SSSR count). The molecule has 4 saturated heterocycles. The predicted octanol–water partition coefficient (Wildman–Crippen LogP) is 2.45. The molecule has 0 radical (unpaired) electrons. The molecule has 2 N–H and O–H groups in total. The van der Waals surface area contributed by atoms with E-state index in [9.17, 15) is 4.79 Å². The maximum absolute atomic E-state index is 11.6. The number of allylic oxidation sites excluding steroid dienone is 1. The smallest absolute Gasteiger partial charge is 0.249 e. The minimum absolute atomic E-state index is 0.0358. The Balaban J connectivity index is 0.878. The van der Waals surface area contributed by atoms with Gasteiger partial charge in [0.25, 0.3) is 0 Å². The Bertz CT molecular complexity index is 1280. The lowest BCUT2D eigenvalue weighted by molar-refractivity contribution is -0.150. The number of aromatic nitrogens is 1. The number of H-pyrrole nitrogens is 1. The van der Waals surface area contributed by atoms with Crippen molar-refractivity contribution in [1.29, 1.82) is 0 Å². The van der Waals surface area contributed by atoms with Gasteiger partial charge in [-0.2, -0.15) is 0 Å². The quantitative estimate of drug-likeness (QED) is 0.599. The number of likely N-dealkylation sites (tertiary alicyclic amines) is 1. The van der Waals surface area contributed by atoms with E-state index in [-0.39, 0.29) is 17.3 Å². The minimum Gasteiger partial charge on any atom is -0.378 e. The number of hydrogen-bond donors (Lipinski definition) is 2. The van der Waals surface area contributed by atoms with Crippen molar-refractivity contribution in [2.45, 2.75) is 57.4 Å². The van der Waals surface area contributed by atoms with Crippen LogP contribution in [0.3, 0.4) is 0 Å². The molecule has 9 heteroatoms. The van der Waals surface area contributed by atoms with Crippen molar-refractivity contribution in [3.8, 4) is 0 Å². The SMILES string of the molecule is CC1=CC(N2CCC(C)C2)=CN2NC(C34CC(CO3)C4COC3CC4(C3)CN(c3cc[nH]c(=O)c3)C4)N=C12. The van der Waals surface area contributed by atoms with Crippen LogP contribution in [0.1, 0.15) is 39.5 Å². The lowest BCUT2D eigenvalue weighted by Crippen LogP contribution is -2.65. The van der Waals surface area contributed by atoms with Crippen LogP contribution in [0.15, 0.2) is 51.7 Å². The number of anilines is 1. The summed E-state index contributed by atoms with van der Waals surface area (Å²) in [6.45, 7) is 10.4. The van der Waals surface area contributed by atoms with Gasteiger partial charge in [0.15, 0.2) is 0 Å². The Hall–Kier alpha value is -2.62. The number of pyridine rings is 1. The van der Waals surface area contributed by atoms with Gasteiger partial charge in [-0.15, -0.1) is 0 Å². The monoisotopic (exact) mass is 518 g/mol. The van der Waals surface area contributed by atoms with Crippen LogP contribution in [0.2, 0.25) is 0 Å². The number of fused-ring (bicyclic) bond motifs is 2. The molecule has 38 heavy (non-hydrogen) atoms. The van der Waals surface area contributed by atoms with Crippen LogP contribution in [-0.2, 0) is 9.47 Å². The summed E-state index contributed by atoms with van der Waals surface area (Å²) < 4.78 is 13.0. The van der Waals surface area contributed by atoms with E-state index < -0.39 is 0 Å². The van der Waals surface area contributed by atoms with Crippen molar-refractivity contribution in [1.82, 2.24) is 20.3 Å². The number of nitrogens with zero attached hydrogens (tertiary/aromatic N) is 4. The fourth-order valence-corrected chi connectivity index (χ4v) is 8.13. The van der Waals surface area contributed by atoms with Crippen LogP contribution in [-0.4, -0.2) is 78.0 Å². The van der Waals surface area contributed by atoms with Crippen LogP contribution in [0.25, 0.3) is 0 Å². The van der Waals surface area contributed by atoms with Gasteiger partial charge in [-0.25, -0.2) is 10.4 Å². The fourth-order valence-electron chi connectivity index (χ4n) is 8.13. The van der Waals surface area contributed by atoms with E-state index in [1.807, 2.05) is 6.07 Å². The predicted molar refractivity (Wildman–Crippen MR) is 144 cm³/mol. The summed E-state index contributed by atoms with van der Waals surface area (Å²) >= 11 is 0. The summed E-state index contributed by atoms with van der Waals surface area (Å²) in [5, 5.41) is 2.14. The molecule has 5 atom stereocenters. The van der Waals surface area contributed by atoms with Gasteiger partial charge in [-0.3, -0.25) is 9.80 Å². The van der Waals surface area contributed by atoms with E-state index in [2.05, 4.69) is 51.3 Å². The zero-order valence-corrected chi connectivity index (χ0v) is 22.4. The van der Waals surface area contributed by atoms with Gasteiger partial charge in [0.1, 0.15) is 17.6 Å². The lowest BCUT2D eigenvalue weighted by atomic mass is 9.61. The van der Waals surface area contributed by atoms with Gasteiger partial charge < -0.3 is 24.3 Å². The number of aliphatic imine (C=N–C) groups is 1. The highest BCUT2D eigenvalue weighted by Crippen LogP contribution is 2.57. The number of nitrogens with one attached hydrogen (secondary N) is 2. The lowest BCUT2D eigenvalue weighted by Gasteiger charge is -2.60. The highest BCUT2D eigenvalue weighted by molar-refractivity contribution is 6.00. The molecule has 2 saturated carbocycles. The number of amidine groups is 1. The fraction of sp³-hybridized carbons (Fsp3) is 0.655. The molecule has 1 aromatic rings. The first-order valence-corrected chi connectivity index (χ1v) is 14.4. The first-order chi connectivity index (χ1) is 18.4. The maximum atomic E-state index is 11.6. The number of hydrazine groups is 1. The van der Waals surface area contributed by atoms with Gasteiger partial charge in [-0.05, 0) is 62.2 Å². The number of aromatic amines is 1. The van der Waals surface area contributed by atoms with E-state index >= 15 is 0 Å². The second-order valence-corrected chi connectivity index (χ2v) is 13.0. The van der Waals surface area contributed by atoms with Crippen molar-refractivity contribution in [2.24, 2.45) is 28.2 Å². The average molecular weight is 519 g/mol. The standard InChI is InChI=1S/C29H38N6O3/c1-18-4-6-33(12-18)22-7-19(2)26-31-27(32-35(26)13-22)29-9-20(14-38-29)24(29)15-37-23-10-28(11-23)16-34(17-28)21-3-5-30-25(36)8-21/h3,5,7-8,13,18,20,23-24,27,32H,4,6,9-12,14-17H2,1-2H3,(H,30,36). The summed E-state index contributed by atoms with van der Waals surface area (Å²) in [4.78, 5) is 24.3. The van der Waals surface area contributed by atoms with Crippen molar-refractivity contribution >= 4 is 11.5 Å². The van der Waals surface area contributed by atoms with Crippen molar-refractivity contribution < 1.29 is 9.47 Å². The third-order valence-corrected chi connectivity index (χ3v) is 10.3. The van der Waals surface area contributed by atoms with E-state index in [1.165, 1.54) is 17.7 Å². The second-order valence-electron chi connectivity index (χ2n) is 13.0. The van der Waals surface area contributed by atoms with Crippen LogP contribution < -0.4 is 15.9 Å². The highest BCUT2D eigenvalue weighted by atomic mass is 16.5. The Kier molecular flexibility index (Phi) is 5.02. The van der Waals surface area contributed by atoms with Crippen molar-refractivity contribution in [2.75, 3.05) is 44.3 Å². The second kappa shape index (κ2) is 8.19. The topological polar surface area (TPSA) is 85.4 Å². The largest absolute Gasteiger partial charge is 0.378 e. The molecular formula is C29H38N6O3. The summed E-state index contributed by atoms with van der Waals surface area (Å²) in [5.74, 6) is 2.74. The van der Waals surface area contributed by atoms with Crippen LogP contribution in [0.4, 0.5) is 5.69 Å². The van der Waals surface area contributed by atoms with Gasteiger partial charge in [0, 0.05) is 61.7 Å². The van der Waals surface area contributed by atoms with Crippen LogP contribution in [0, 0.1) is 23.2 Å². The third-order valence-electron chi connectivity index (χ3n) is 10.3. The Morgan fingerprint density at radius 2 is 2.11 bits per heavy atom. The van der Waals surface area contributed by atoms with E-state index in [0.717, 1.165) is 76.1 Å². The molecule has 2 aliphatic carbocycles. The number of rotatable bonds is 6. The zero-order valence-electron chi connectivity index (χ0n) is 22.4. The highest BCUT2D eigenvalue weighted by Gasteiger charge is 2.66. The Labute approximate surface area is 223 Å². The molecule has 5 unspecified atom stereocenters. The third kappa shape index (κ3) is 3.47. The average Bonchev–Trinajstić information content (AvgIpc) is 3.61. The van der Waals surface area contributed by atoms with E-state index in [4.69, 9.17) is 14.5 Å². The molecule has 7 heterocycles. The van der Waals surface area contributed by atoms with Crippen LogP contribution >= 0.6 is 0 Å². The van der Waals surface area contributed by atoms with E-state index in [0.29, 0.717) is 23.4 Å². The van der Waals surface area contributed by atoms with Gasteiger partial charge in [0.2, 0.25) is 5.56 Å². The molecule has 0 aromatic carbocycles. The summed E-state index contributed by atoms with van der Waals surface area (Å²) in [5.41, 5.74) is 7.27. The van der Waals surface area contributed by atoms with Gasteiger partial charge in [-0.1, -0.05) is 6.92 Å². The minimum atomic E-state index is -0.263. The Morgan fingerprint density at radius 3 is 2.87 bits per heavy atom. The molecule has 6 aliphatic heterocycles. The molecular weight excluding hydrogens is 480 g/mol. The first-order valence-electron chi connectivity index (χ1n) is 14.4. The first kappa shape index (κ1) is 23.3. The maximum Gasteiger partial charge on any atom is 0.249 e. The summed E-state index contributed by atoms with van der Waals surface area (Å²) in [6, 6.07) is 3.68. The normalized spacial score (nSPS) is 36.9. The molecule has 6 fully saturated rings.